The van der Waals surface area contributed by atoms with E-state index in [2.05, 4.69) is 4.74 Å². The fourth-order valence-electron chi connectivity index (χ4n) is 1.27. The number of ether oxygens (including phenoxy) is 2. The van der Waals surface area contributed by atoms with Crippen molar-refractivity contribution in [1.82, 2.24) is 0 Å². The Morgan fingerprint density at radius 1 is 1.33 bits per heavy atom. The lowest BCUT2D eigenvalue weighted by Gasteiger charge is -2.10. The monoisotopic (exact) mass is 262 g/mol. The molecular formula is C12H13F3O3. The highest BCUT2D eigenvalue weighted by atomic mass is 19.4. The minimum atomic E-state index is -4.35. The van der Waals surface area contributed by atoms with Gasteiger partial charge < -0.3 is 9.47 Å². The normalized spacial score (nSPS) is 11.1. The molecule has 0 amide bonds. The second-order valence-electron chi connectivity index (χ2n) is 3.64. The van der Waals surface area contributed by atoms with Crippen LogP contribution in [-0.4, -0.2) is 25.4 Å². The van der Waals surface area contributed by atoms with E-state index in [1.807, 2.05) is 0 Å². The zero-order valence-corrected chi connectivity index (χ0v) is 9.79. The molecular weight excluding hydrogens is 249 g/mol. The molecule has 1 aromatic carbocycles. The summed E-state index contributed by atoms with van der Waals surface area (Å²) in [6.45, 7) is 0.168. The number of carbonyl (C=O) groups excluding carboxylic acids is 1. The average Bonchev–Trinajstić information content (AvgIpc) is 2.26. The van der Waals surface area contributed by atoms with Crippen LogP contribution in [0, 0.1) is 0 Å². The van der Waals surface area contributed by atoms with E-state index in [9.17, 15) is 18.0 Å². The van der Waals surface area contributed by atoms with Crippen molar-refractivity contribution in [3.8, 4) is 5.75 Å². The van der Waals surface area contributed by atoms with Crippen LogP contribution in [0.4, 0.5) is 13.2 Å². The van der Waals surface area contributed by atoms with Crippen molar-refractivity contribution >= 4 is 5.97 Å². The number of hydrogen-bond acceptors (Lipinski definition) is 3. The number of carbonyl (C=O) groups is 1. The molecule has 0 saturated carbocycles. The molecule has 0 N–H and O–H groups in total. The van der Waals surface area contributed by atoms with E-state index in [1.165, 1.54) is 19.1 Å². The molecule has 6 heteroatoms. The topological polar surface area (TPSA) is 35.5 Å². The Morgan fingerprint density at radius 2 is 2.06 bits per heavy atom. The van der Waals surface area contributed by atoms with Crippen LogP contribution in [0.5, 0.6) is 5.75 Å². The zero-order valence-electron chi connectivity index (χ0n) is 9.79. The first-order chi connectivity index (χ1) is 8.37. The third-order valence-electron chi connectivity index (χ3n) is 2.00. The molecule has 0 aliphatic carbocycles. The molecule has 100 valence electrons. The van der Waals surface area contributed by atoms with E-state index in [1.54, 1.807) is 12.1 Å². The number of halogens is 3. The number of alkyl halides is 3. The Labute approximate surface area is 103 Å². The first-order valence-electron chi connectivity index (χ1n) is 5.29. The average molecular weight is 262 g/mol. The second-order valence-corrected chi connectivity index (χ2v) is 3.64. The van der Waals surface area contributed by atoms with E-state index in [0.717, 1.165) is 5.56 Å². The Hall–Kier alpha value is -1.72. The third-order valence-corrected chi connectivity index (χ3v) is 2.00. The lowest BCUT2D eigenvalue weighted by atomic mass is 10.1. The first kappa shape index (κ1) is 14.3. The van der Waals surface area contributed by atoms with E-state index in [4.69, 9.17) is 4.74 Å². The van der Waals surface area contributed by atoms with Crippen molar-refractivity contribution in [3.05, 3.63) is 29.8 Å². The van der Waals surface area contributed by atoms with Crippen LogP contribution in [0.1, 0.15) is 12.5 Å². The molecule has 0 aromatic heterocycles. The maximum atomic E-state index is 12.0. The molecule has 0 saturated heterocycles. The van der Waals surface area contributed by atoms with Gasteiger partial charge in [-0.2, -0.15) is 13.2 Å². The molecule has 1 aromatic rings. The molecule has 18 heavy (non-hydrogen) atoms. The van der Waals surface area contributed by atoms with Crippen LogP contribution < -0.4 is 4.74 Å². The number of rotatable bonds is 5. The van der Waals surface area contributed by atoms with Crippen LogP contribution in [0.25, 0.3) is 0 Å². The summed E-state index contributed by atoms with van der Waals surface area (Å²) in [6, 6.07) is 6.26. The predicted octanol–water partition coefficient (Wildman–Crippen LogP) is 2.73. The Bertz CT molecular complexity index is 402. The molecule has 0 spiro atoms. The van der Waals surface area contributed by atoms with Crippen molar-refractivity contribution in [3.63, 3.8) is 0 Å². The molecule has 3 nitrogen and oxygen atoms in total. The summed E-state index contributed by atoms with van der Waals surface area (Å²) < 4.78 is 45.2. The molecule has 0 aliphatic heterocycles. The predicted molar refractivity (Wildman–Crippen MR) is 58.3 cm³/mol. The number of hydrogen-bond donors (Lipinski definition) is 0. The van der Waals surface area contributed by atoms with Crippen LogP contribution in [0.3, 0.4) is 0 Å². The van der Waals surface area contributed by atoms with Crippen LogP contribution in [0.2, 0.25) is 0 Å². The van der Waals surface area contributed by atoms with E-state index in [0.29, 0.717) is 6.42 Å². The highest BCUT2D eigenvalue weighted by Gasteiger charge is 2.28. The van der Waals surface area contributed by atoms with Gasteiger partial charge in [-0.1, -0.05) is 12.1 Å². The molecule has 0 radical (unpaired) electrons. The van der Waals surface area contributed by atoms with Gasteiger partial charge in [-0.3, -0.25) is 4.79 Å². The number of benzene rings is 1. The van der Waals surface area contributed by atoms with Crippen molar-refractivity contribution in [2.24, 2.45) is 0 Å². The largest absolute Gasteiger partial charge is 0.484 e. The number of esters is 1. The van der Waals surface area contributed by atoms with Crippen molar-refractivity contribution < 1.29 is 27.4 Å². The fraction of sp³-hybridized carbons (Fsp3) is 0.417. The summed E-state index contributed by atoms with van der Waals surface area (Å²) in [5.74, 6) is -0.243. The van der Waals surface area contributed by atoms with Gasteiger partial charge in [0.15, 0.2) is 6.61 Å². The molecule has 0 heterocycles. The van der Waals surface area contributed by atoms with Crippen molar-refractivity contribution in [2.45, 2.75) is 19.5 Å². The molecule has 0 bridgehead atoms. The van der Waals surface area contributed by atoms with Gasteiger partial charge in [0.1, 0.15) is 5.75 Å². The Balaban J connectivity index is 2.49. The van der Waals surface area contributed by atoms with Crippen LogP contribution in [-0.2, 0) is 16.0 Å². The lowest BCUT2D eigenvalue weighted by Crippen LogP contribution is -2.19. The van der Waals surface area contributed by atoms with Gasteiger partial charge in [-0.25, -0.2) is 0 Å². The van der Waals surface area contributed by atoms with E-state index >= 15 is 0 Å². The summed E-state index contributed by atoms with van der Waals surface area (Å²) in [6.07, 6.45) is -3.92. The summed E-state index contributed by atoms with van der Waals surface area (Å²) in [7, 11) is 0. The summed E-state index contributed by atoms with van der Waals surface area (Å²) in [4.78, 5) is 10.5. The van der Waals surface area contributed by atoms with Gasteiger partial charge in [0, 0.05) is 13.3 Å². The van der Waals surface area contributed by atoms with Gasteiger partial charge in [-0.15, -0.1) is 0 Å². The third kappa shape index (κ3) is 6.12. The minimum absolute atomic E-state index is 0.146. The van der Waals surface area contributed by atoms with E-state index < -0.39 is 12.8 Å². The summed E-state index contributed by atoms with van der Waals surface area (Å²) >= 11 is 0. The van der Waals surface area contributed by atoms with Gasteiger partial charge >= 0.3 is 12.1 Å². The Kier molecular flexibility index (Phi) is 5.00. The van der Waals surface area contributed by atoms with Crippen molar-refractivity contribution in [1.29, 1.82) is 0 Å². The smallest absolute Gasteiger partial charge is 0.422 e. The van der Waals surface area contributed by atoms with Crippen LogP contribution in [0.15, 0.2) is 24.3 Å². The fourth-order valence-corrected chi connectivity index (χ4v) is 1.27. The molecule has 0 atom stereocenters. The zero-order chi connectivity index (χ0) is 13.6. The highest BCUT2D eigenvalue weighted by Crippen LogP contribution is 2.19. The highest BCUT2D eigenvalue weighted by molar-refractivity contribution is 5.65. The molecule has 1 rings (SSSR count). The standard InChI is InChI=1S/C12H13F3O3/c1-9(16)17-6-5-10-3-2-4-11(7-10)18-8-12(13,14)15/h2-4,7H,5-6,8H2,1H3. The van der Waals surface area contributed by atoms with Gasteiger partial charge in [-0.05, 0) is 17.7 Å². The quantitative estimate of drug-likeness (QED) is 0.765. The molecule has 0 aliphatic rings. The Morgan fingerprint density at radius 3 is 2.67 bits per heavy atom. The summed E-state index contributed by atoms with van der Waals surface area (Å²) in [5, 5.41) is 0. The van der Waals surface area contributed by atoms with Crippen molar-refractivity contribution in [2.75, 3.05) is 13.2 Å². The maximum Gasteiger partial charge on any atom is 0.422 e. The second kappa shape index (κ2) is 6.28. The van der Waals surface area contributed by atoms with Gasteiger partial charge in [0.2, 0.25) is 0 Å². The summed E-state index contributed by atoms with van der Waals surface area (Å²) in [5.41, 5.74) is 0.746. The van der Waals surface area contributed by atoms with Gasteiger partial charge in [0.05, 0.1) is 6.61 Å². The van der Waals surface area contributed by atoms with Crippen LogP contribution >= 0.6 is 0 Å². The minimum Gasteiger partial charge on any atom is -0.484 e. The van der Waals surface area contributed by atoms with E-state index in [-0.39, 0.29) is 18.3 Å². The molecule has 0 unspecified atom stereocenters. The lowest BCUT2D eigenvalue weighted by molar-refractivity contribution is -0.153. The van der Waals surface area contributed by atoms with Gasteiger partial charge in [0.25, 0.3) is 0 Å². The molecule has 0 fully saturated rings. The first-order valence-corrected chi connectivity index (χ1v) is 5.29. The SMILES string of the molecule is CC(=O)OCCc1cccc(OCC(F)(F)F)c1. The maximum absolute atomic E-state index is 12.0.